The number of nitrogens with one attached hydrogen (secondary N) is 1. The molecule has 0 unspecified atom stereocenters. The number of aromatic nitrogens is 2. The Balaban J connectivity index is 2.19. The molecule has 0 aliphatic heterocycles. The lowest BCUT2D eigenvalue weighted by molar-refractivity contribution is 0.102. The van der Waals surface area contributed by atoms with E-state index in [2.05, 4.69) is 10.4 Å². The molecule has 1 N–H and O–H groups in total. The first kappa shape index (κ1) is 14.0. The first-order valence-corrected chi connectivity index (χ1v) is 6.41. The van der Waals surface area contributed by atoms with Gasteiger partial charge in [0.15, 0.2) is 0 Å². The summed E-state index contributed by atoms with van der Waals surface area (Å²) < 4.78 is 19.8. The fourth-order valence-corrected chi connectivity index (χ4v) is 1.70. The number of ether oxygens (including phenoxy) is 1. The molecular formula is C14H16FN3O2. The Hall–Kier alpha value is -2.37. The average Bonchev–Trinajstić information content (AvgIpc) is 2.85. The van der Waals surface area contributed by atoms with Crippen LogP contribution in [0.4, 0.5) is 10.1 Å². The van der Waals surface area contributed by atoms with E-state index in [1.807, 2.05) is 13.8 Å². The van der Waals surface area contributed by atoms with Crippen LogP contribution in [0.15, 0.2) is 30.5 Å². The maximum absolute atomic E-state index is 12.8. The lowest BCUT2D eigenvalue weighted by atomic mass is 10.2. The number of carbonyl (C=O) groups is 1. The second-order valence-electron chi connectivity index (χ2n) is 4.10. The van der Waals surface area contributed by atoms with Crippen LogP contribution < -0.4 is 10.1 Å². The maximum atomic E-state index is 12.8. The zero-order chi connectivity index (χ0) is 14.5. The molecular weight excluding hydrogens is 261 g/mol. The van der Waals surface area contributed by atoms with Crippen LogP contribution in [0.5, 0.6) is 5.88 Å². The zero-order valence-corrected chi connectivity index (χ0v) is 11.4. The van der Waals surface area contributed by atoms with Gasteiger partial charge in [0.05, 0.1) is 6.61 Å². The van der Waals surface area contributed by atoms with E-state index in [0.717, 1.165) is 0 Å². The van der Waals surface area contributed by atoms with Crippen LogP contribution in [0.25, 0.3) is 0 Å². The molecule has 20 heavy (non-hydrogen) atoms. The monoisotopic (exact) mass is 277 g/mol. The fraction of sp³-hybridized carbons (Fsp3) is 0.286. The summed E-state index contributed by atoms with van der Waals surface area (Å²) in [6, 6.07) is 5.57. The van der Waals surface area contributed by atoms with Crippen molar-refractivity contribution < 1.29 is 13.9 Å². The summed E-state index contributed by atoms with van der Waals surface area (Å²) in [5.74, 6) is -0.384. The summed E-state index contributed by atoms with van der Waals surface area (Å²) in [6.07, 6.45) is 1.63. The second-order valence-corrected chi connectivity index (χ2v) is 4.10. The van der Waals surface area contributed by atoms with Crippen molar-refractivity contribution in [1.82, 2.24) is 9.78 Å². The number of hydrogen-bond acceptors (Lipinski definition) is 3. The highest BCUT2D eigenvalue weighted by Crippen LogP contribution is 2.18. The van der Waals surface area contributed by atoms with Crippen molar-refractivity contribution in [3.8, 4) is 5.88 Å². The molecule has 0 saturated heterocycles. The Morgan fingerprint density at radius 1 is 1.35 bits per heavy atom. The van der Waals surface area contributed by atoms with Gasteiger partial charge in [0, 0.05) is 18.4 Å². The molecule has 106 valence electrons. The molecule has 0 saturated carbocycles. The Morgan fingerprint density at radius 3 is 2.65 bits per heavy atom. The Kier molecular flexibility index (Phi) is 4.34. The van der Waals surface area contributed by atoms with Crippen molar-refractivity contribution >= 4 is 11.6 Å². The number of rotatable bonds is 5. The van der Waals surface area contributed by atoms with E-state index < -0.39 is 0 Å². The quantitative estimate of drug-likeness (QED) is 0.914. The fourth-order valence-electron chi connectivity index (χ4n) is 1.70. The van der Waals surface area contributed by atoms with E-state index in [9.17, 15) is 9.18 Å². The molecule has 0 aliphatic carbocycles. The molecule has 1 aromatic carbocycles. The van der Waals surface area contributed by atoms with Gasteiger partial charge in [-0.25, -0.2) is 4.39 Å². The summed E-state index contributed by atoms with van der Waals surface area (Å²) in [4.78, 5) is 12.2. The van der Waals surface area contributed by atoms with Gasteiger partial charge >= 0.3 is 0 Å². The predicted molar refractivity (Wildman–Crippen MR) is 73.4 cm³/mol. The van der Waals surface area contributed by atoms with E-state index in [1.54, 1.807) is 10.9 Å². The summed E-state index contributed by atoms with van der Waals surface area (Å²) >= 11 is 0. The second kappa shape index (κ2) is 6.18. The number of halogens is 1. The normalized spacial score (nSPS) is 10.3. The zero-order valence-electron chi connectivity index (χ0n) is 11.4. The smallest absolute Gasteiger partial charge is 0.262 e. The van der Waals surface area contributed by atoms with E-state index in [1.165, 1.54) is 24.3 Å². The minimum atomic E-state index is -0.350. The van der Waals surface area contributed by atoms with Gasteiger partial charge < -0.3 is 10.1 Å². The molecule has 6 heteroatoms. The van der Waals surface area contributed by atoms with Crippen LogP contribution in [0.1, 0.15) is 24.2 Å². The van der Waals surface area contributed by atoms with E-state index in [0.29, 0.717) is 30.3 Å². The van der Waals surface area contributed by atoms with Crippen LogP contribution >= 0.6 is 0 Å². The van der Waals surface area contributed by atoms with E-state index in [4.69, 9.17) is 4.74 Å². The van der Waals surface area contributed by atoms with Crippen LogP contribution in [0.2, 0.25) is 0 Å². The highest BCUT2D eigenvalue weighted by atomic mass is 19.1. The Labute approximate surface area is 116 Å². The summed E-state index contributed by atoms with van der Waals surface area (Å²) in [5.41, 5.74) is 0.876. The van der Waals surface area contributed by atoms with Gasteiger partial charge in [0.2, 0.25) is 5.88 Å². The molecule has 1 amide bonds. The van der Waals surface area contributed by atoms with E-state index in [-0.39, 0.29) is 11.7 Å². The number of nitrogens with zero attached hydrogens (tertiary/aromatic N) is 2. The number of anilines is 1. The molecule has 1 aromatic heterocycles. The lowest BCUT2D eigenvalue weighted by Gasteiger charge is -2.05. The van der Waals surface area contributed by atoms with Crippen molar-refractivity contribution in [2.45, 2.75) is 20.4 Å². The van der Waals surface area contributed by atoms with Gasteiger partial charge in [-0.2, -0.15) is 0 Å². The van der Waals surface area contributed by atoms with Gasteiger partial charge in [-0.3, -0.25) is 9.48 Å². The van der Waals surface area contributed by atoms with Crippen molar-refractivity contribution in [2.75, 3.05) is 11.9 Å². The summed E-state index contributed by atoms with van der Waals surface area (Å²) in [5, 5.41) is 6.85. The van der Waals surface area contributed by atoms with Gasteiger partial charge in [0.1, 0.15) is 11.4 Å². The molecule has 0 radical (unpaired) electrons. The highest BCUT2D eigenvalue weighted by molar-refractivity contribution is 6.05. The molecule has 0 spiro atoms. The third-order valence-corrected chi connectivity index (χ3v) is 2.68. The Morgan fingerprint density at radius 2 is 2.05 bits per heavy atom. The molecule has 2 rings (SSSR count). The number of benzene rings is 1. The number of carbonyl (C=O) groups excluding carboxylic acids is 1. The molecule has 5 nitrogen and oxygen atoms in total. The van der Waals surface area contributed by atoms with Crippen LogP contribution in [-0.2, 0) is 6.54 Å². The van der Waals surface area contributed by atoms with Crippen LogP contribution in [0, 0.1) is 5.82 Å². The summed E-state index contributed by atoms with van der Waals surface area (Å²) in [7, 11) is 0. The standard InChI is InChI=1S/C14H16FN3O2/c1-3-18-9-12(14(17-18)20-4-2)13(19)16-11-7-5-10(15)6-8-11/h5-9H,3-4H2,1-2H3,(H,16,19). The van der Waals surface area contributed by atoms with Gasteiger partial charge in [-0.05, 0) is 38.1 Å². The topological polar surface area (TPSA) is 56.2 Å². The molecule has 0 atom stereocenters. The third-order valence-electron chi connectivity index (χ3n) is 2.68. The van der Waals surface area contributed by atoms with Crippen LogP contribution in [0.3, 0.4) is 0 Å². The van der Waals surface area contributed by atoms with Crippen molar-refractivity contribution in [2.24, 2.45) is 0 Å². The largest absolute Gasteiger partial charge is 0.476 e. The average molecular weight is 277 g/mol. The minimum absolute atomic E-state index is 0.300. The highest BCUT2D eigenvalue weighted by Gasteiger charge is 2.17. The molecule has 0 aliphatic rings. The number of hydrogen-bond donors (Lipinski definition) is 1. The van der Waals surface area contributed by atoms with E-state index >= 15 is 0 Å². The molecule has 1 heterocycles. The Bertz CT molecular complexity index is 593. The minimum Gasteiger partial charge on any atom is -0.476 e. The van der Waals surface area contributed by atoms with Crippen molar-refractivity contribution in [1.29, 1.82) is 0 Å². The van der Waals surface area contributed by atoms with Gasteiger partial charge in [-0.1, -0.05) is 0 Å². The van der Waals surface area contributed by atoms with Crippen LogP contribution in [-0.4, -0.2) is 22.3 Å². The maximum Gasteiger partial charge on any atom is 0.262 e. The summed E-state index contributed by atoms with van der Waals surface area (Å²) in [6.45, 7) is 4.82. The SMILES string of the molecule is CCOc1nn(CC)cc1C(=O)Nc1ccc(F)cc1. The number of amides is 1. The molecule has 0 bridgehead atoms. The van der Waals surface area contributed by atoms with Crippen molar-refractivity contribution in [3.63, 3.8) is 0 Å². The first-order valence-electron chi connectivity index (χ1n) is 6.41. The first-order chi connectivity index (χ1) is 9.63. The predicted octanol–water partition coefficient (Wildman–Crippen LogP) is 2.69. The third kappa shape index (κ3) is 3.14. The lowest BCUT2D eigenvalue weighted by Crippen LogP contribution is -2.12. The molecule has 0 fully saturated rings. The van der Waals surface area contributed by atoms with Crippen molar-refractivity contribution in [3.05, 3.63) is 41.8 Å². The molecule has 2 aromatic rings. The van der Waals surface area contributed by atoms with Gasteiger partial charge in [0.25, 0.3) is 5.91 Å². The van der Waals surface area contributed by atoms with Gasteiger partial charge in [-0.15, -0.1) is 5.10 Å². The number of aryl methyl sites for hydroxylation is 1.